The fourth-order valence-corrected chi connectivity index (χ4v) is 8.24. The Bertz CT molecular complexity index is 1050. The van der Waals surface area contributed by atoms with Crippen LogP contribution in [-0.2, 0) is 9.59 Å². The van der Waals surface area contributed by atoms with Gasteiger partial charge in [0.25, 0.3) is 0 Å². The maximum Gasteiger partial charge on any atom is 0.334 e. The standard InChI is InChI=1S/C25H32N4O4/c1-15-9-16-5-4-7-28-22(27-3)29-8-6-17(11-26-2)25(13-29)18(16)10-19-20(21(31)32)23(33,14-30)12-24(15,19)25/h6,8,14-18,26,33H,7,9-13H2,1-3H3,(H,27,28)(H,31,32)/t15-,16-,17+,18+,23-,24+,25+/m1/s1. The highest BCUT2D eigenvalue weighted by atomic mass is 16.4. The number of fused-ring (bicyclic) bond motifs is 1. The summed E-state index contributed by atoms with van der Waals surface area (Å²) < 4.78 is 0. The maximum atomic E-state index is 12.5. The van der Waals surface area contributed by atoms with Crippen molar-refractivity contribution in [2.24, 2.45) is 39.5 Å². The van der Waals surface area contributed by atoms with Crippen LogP contribution in [0.15, 0.2) is 28.4 Å². The third-order valence-corrected chi connectivity index (χ3v) is 9.20. The van der Waals surface area contributed by atoms with Gasteiger partial charge in [-0.25, -0.2) is 4.79 Å². The van der Waals surface area contributed by atoms with Gasteiger partial charge in [0.2, 0.25) is 0 Å². The van der Waals surface area contributed by atoms with E-state index in [0.29, 0.717) is 25.8 Å². The average molecular weight is 453 g/mol. The molecule has 8 heteroatoms. The second kappa shape index (κ2) is 7.44. The third-order valence-electron chi connectivity index (χ3n) is 9.20. The predicted octanol–water partition coefficient (Wildman–Crippen LogP) is 0.607. The number of nitrogens with zero attached hydrogens (tertiary/aromatic N) is 2. The second-order valence-corrected chi connectivity index (χ2v) is 10.3. The lowest BCUT2D eigenvalue weighted by Gasteiger charge is -2.62. The van der Waals surface area contributed by atoms with Crippen LogP contribution in [-0.4, -0.2) is 72.7 Å². The Kier molecular flexibility index (Phi) is 5.00. The molecule has 7 atom stereocenters. The molecule has 5 bridgehead atoms. The number of nitrogens with one attached hydrogen (secondary N) is 2. The molecular formula is C25H32N4O4. The quantitative estimate of drug-likeness (QED) is 0.365. The number of carbonyl (C=O) groups is 2. The Morgan fingerprint density at radius 1 is 1.48 bits per heavy atom. The van der Waals surface area contributed by atoms with Gasteiger partial charge in [0.05, 0.1) is 12.1 Å². The SMILES string of the molecule is CN=C1NCC#C[C@@H]2C[C@@H](C)[C@@]34C[C@@](O)(C=O)C(C(=O)O)=C3C[C@@H]2[C@@]42CN1C=C[C@H]2CNC. The topological polar surface area (TPSA) is 114 Å². The first-order valence-electron chi connectivity index (χ1n) is 11.7. The highest BCUT2D eigenvalue weighted by Gasteiger charge is 2.76. The average Bonchev–Trinajstić information content (AvgIpc) is 3.16. The molecule has 5 rings (SSSR count). The van der Waals surface area contributed by atoms with Crippen LogP contribution in [0.25, 0.3) is 0 Å². The number of carbonyl (C=O) groups excluding carboxylic acids is 1. The third kappa shape index (κ3) is 2.64. The normalized spacial score (nSPS) is 44.1. The monoisotopic (exact) mass is 452 g/mol. The zero-order valence-corrected chi connectivity index (χ0v) is 19.4. The second-order valence-electron chi connectivity index (χ2n) is 10.3. The molecule has 0 aromatic carbocycles. The highest BCUT2D eigenvalue weighted by molar-refractivity contribution is 5.98. The molecule has 176 valence electrons. The first-order valence-corrected chi connectivity index (χ1v) is 11.7. The van der Waals surface area contributed by atoms with Gasteiger partial charge in [0.15, 0.2) is 17.8 Å². The van der Waals surface area contributed by atoms with Crippen molar-refractivity contribution in [1.29, 1.82) is 0 Å². The Morgan fingerprint density at radius 3 is 2.94 bits per heavy atom. The predicted molar refractivity (Wildman–Crippen MR) is 123 cm³/mol. The Balaban J connectivity index is 1.84. The summed E-state index contributed by atoms with van der Waals surface area (Å²) in [5, 5.41) is 28.2. The lowest BCUT2D eigenvalue weighted by atomic mass is 9.44. The highest BCUT2D eigenvalue weighted by Crippen LogP contribution is 2.77. The van der Waals surface area contributed by atoms with Crippen LogP contribution >= 0.6 is 0 Å². The summed E-state index contributed by atoms with van der Waals surface area (Å²) in [5.74, 6) is 6.75. The van der Waals surface area contributed by atoms with Gasteiger partial charge in [-0.2, -0.15) is 0 Å². The zero-order chi connectivity index (χ0) is 23.6. The minimum absolute atomic E-state index is 0.0657. The van der Waals surface area contributed by atoms with Crippen molar-refractivity contribution < 1.29 is 19.8 Å². The minimum atomic E-state index is -1.97. The molecule has 0 aromatic heterocycles. The molecule has 2 aliphatic heterocycles. The molecule has 0 saturated heterocycles. The first kappa shape index (κ1) is 22.2. The molecule has 2 spiro atoms. The lowest BCUT2D eigenvalue weighted by molar-refractivity contribution is -0.143. The minimum Gasteiger partial charge on any atom is -0.478 e. The number of guanidine groups is 1. The van der Waals surface area contributed by atoms with E-state index in [-0.39, 0.29) is 35.7 Å². The smallest absolute Gasteiger partial charge is 0.334 e. The number of aliphatic carboxylic acids is 1. The summed E-state index contributed by atoms with van der Waals surface area (Å²) in [5.41, 5.74) is -2.31. The molecule has 8 nitrogen and oxygen atoms in total. The van der Waals surface area contributed by atoms with Crippen LogP contribution in [0, 0.1) is 46.3 Å². The van der Waals surface area contributed by atoms with Crippen LogP contribution in [0.1, 0.15) is 26.2 Å². The Morgan fingerprint density at radius 2 is 2.27 bits per heavy atom. The van der Waals surface area contributed by atoms with Gasteiger partial charge in [-0.3, -0.25) is 9.79 Å². The largest absolute Gasteiger partial charge is 0.478 e. The van der Waals surface area contributed by atoms with Crippen molar-refractivity contribution >= 4 is 18.2 Å². The van der Waals surface area contributed by atoms with Gasteiger partial charge in [0.1, 0.15) is 0 Å². The van der Waals surface area contributed by atoms with Gasteiger partial charge in [-0.05, 0) is 49.6 Å². The van der Waals surface area contributed by atoms with Crippen molar-refractivity contribution in [3.63, 3.8) is 0 Å². The Labute approximate surface area is 194 Å². The van der Waals surface area contributed by atoms with E-state index in [1.54, 1.807) is 7.05 Å². The van der Waals surface area contributed by atoms with Gasteiger partial charge < -0.3 is 25.7 Å². The van der Waals surface area contributed by atoms with Crippen molar-refractivity contribution in [1.82, 2.24) is 15.5 Å². The molecule has 0 aromatic rings. The molecule has 0 amide bonds. The zero-order valence-electron chi connectivity index (χ0n) is 19.4. The van der Waals surface area contributed by atoms with E-state index in [1.165, 1.54) is 0 Å². The number of aldehydes is 1. The van der Waals surface area contributed by atoms with Crippen molar-refractivity contribution in [3.05, 3.63) is 23.4 Å². The molecule has 2 heterocycles. The number of carboxylic acid groups (broad SMARTS) is 1. The van der Waals surface area contributed by atoms with E-state index in [2.05, 4.69) is 51.6 Å². The van der Waals surface area contributed by atoms with Crippen LogP contribution in [0.3, 0.4) is 0 Å². The number of hydrogen-bond acceptors (Lipinski definition) is 5. The number of carboxylic acids is 1. The summed E-state index contributed by atoms with van der Waals surface area (Å²) in [6.45, 7) is 4.01. The van der Waals surface area contributed by atoms with Crippen LogP contribution in [0.2, 0.25) is 0 Å². The van der Waals surface area contributed by atoms with E-state index in [9.17, 15) is 19.8 Å². The number of hydrogen-bond donors (Lipinski definition) is 4. The molecule has 3 aliphatic carbocycles. The summed E-state index contributed by atoms with van der Waals surface area (Å²) in [6.07, 6.45) is 6.21. The number of aliphatic imine (C=N–C) groups is 1. The molecule has 2 fully saturated rings. The van der Waals surface area contributed by atoms with E-state index in [0.717, 1.165) is 24.5 Å². The van der Waals surface area contributed by atoms with Crippen molar-refractivity contribution in [2.75, 3.05) is 33.7 Å². The molecular weight excluding hydrogens is 420 g/mol. The van der Waals surface area contributed by atoms with E-state index >= 15 is 0 Å². The summed E-state index contributed by atoms with van der Waals surface area (Å²) in [7, 11) is 3.67. The van der Waals surface area contributed by atoms with Crippen LogP contribution in [0.5, 0.6) is 0 Å². The molecule has 0 unspecified atom stereocenters. The summed E-state index contributed by atoms with van der Waals surface area (Å²) in [6, 6.07) is 0. The maximum absolute atomic E-state index is 12.5. The van der Waals surface area contributed by atoms with Crippen molar-refractivity contribution in [2.45, 2.75) is 31.8 Å². The van der Waals surface area contributed by atoms with Gasteiger partial charge in [-0.15, -0.1) is 0 Å². The van der Waals surface area contributed by atoms with Gasteiger partial charge >= 0.3 is 5.97 Å². The molecule has 4 N–H and O–H groups in total. The van der Waals surface area contributed by atoms with Crippen LogP contribution < -0.4 is 10.6 Å². The Hall–Kier alpha value is -2.63. The van der Waals surface area contributed by atoms with Gasteiger partial charge in [-0.1, -0.05) is 24.8 Å². The number of aliphatic hydroxyl groups is 1. The molecule has 0 radical (unpaired) electrons. The van der Waals surface area contributed by atoms with E-state index in [1.807, 2.05) is 7.05 Å². The first-order chi connectivity index (χ1) is 15.8. The number of allylic oxidation sites excluding steroid dienone is 1. The fraction of sp³-hybridized carbons (Fsp3) is 0.640. The fourth-order valence-electron chi connectivity index (χ4n) is 8.24. The summed E-state index contributed by atoms with van der Waals surface area (Å²) in [4.78, 5) is 31.2. The molecule has 33 heavy (non-hydrogen) atoms. The van der Waals surface area contributed by atoms with E-state index in [4.69, 9.17) is 0 Å². The molecule has 2 saturated carbocycles. The summed E-state index contributed by atoms with van der Waals surface area (Å²) >= 11 is 0. The lowest BCUT2D eigenvalue weighted by Crippen LogP contribution is -2.64. The van der Waals surface area contributed by atoms with E-state index < -0.39 is 22.4 Å². The van der Waals surface area contributed by atoms with Gasteiger partial charge in [0, 0.05) is 43.1 Å². The molecule has 5 aliphatic rings. The van der Waals surface area contributed by atoms with Crippen LogP contribution in [0.4, 0.5) is 0 Å². The number of rotatable bonds is 4. The van der Waals surface area contributed by atoms with Crippen molar-refractivity contribution in [3.8, 4) is 11.8 Å².